The molecule has 0 saturated carbocycles. The lowest BCUT2D eigenvalue weighted by atomic mass is 10.2. The van der Waals surface area contributed by atoms with E-state index in [-0.39, 0.29) is 5.82 Å². The third kappa shape index (κ3) is 4.71. The number of benzene rings is 2. The van der Waals surface area contributed by atoms with Gasteiger partial charge < -0.3 is 10.1 Å². The zero-order valence-corrected chi connectivity index (χ0v) is 14.8. The van der Waals surface area contributed by atoms with Crippen molar-refractivity contribution in [2.24, 2.45) is 0 Å². The lowest BCUT2D eigenvalue weighted by Crippen LogP contribution is -2.01. The van der Waals surface area contributed by atoms with Crippen LogP contribution >= 0.6 is 31.9 Å². The fourth-order valence-electron chi connectivity index (χ4n) is 1.83. The first-order valence-corrected chi connectivity index (χ1v) is 8.29. The van der Waals surface area contributed by atoms with Gasteiger partial charge in [0.2, 0.25) is 0 Å². The molecule has 0 atom stereocenters. The molecule has 0 saturated heterocycles. The van der Waals surface area contributed by atoms with Gasteiger partial charge >= 0.3 is 0 Å². The zero-order valence-electron chi connectivity index (χ0n) is 11.6. The molecule has 0 aliphatic heterocycles. The predicted octanol–water partition coefficient (Wildman–Crippen LogP) is 5.75. The second-order valence-electron chi connectivity index (χ2n) is 4.60. The normalized spacial score (nSPS) is 10.5. The minimum Gasteiger partial charge on any atom is -0.491 e. The molecule has 1 N–H and O–H groups in total. The quantitative estimate of drug-likeness (QED) is 0.647. The molecular formula is C16H16Br2FNO. The molecule has 0 fully saturated rings. The van der Waals surface area contributed by atoms with Crippen molar-refractivity contribution in [3.63, 3.8) is 0 Å². The van der Waals surface area contributed by atoms with Crippen molar-refractivity contribution < 1.29 is 9.13 Å². The van der Waals surface area contributed by atoms with Gasteiger partial charge in [0.25, 0.3) is 0 Å². The van der Waals surface area contributed by atoms with Gasteiger partial charge in [0, 0.05) is 12.2 Å². The summed E-state index contributed by atoms with van der Waals surface area (Å²) < 4.78 is 20.4. The molecule has 21 heavy (non-hydrogen) atoms. The van der Waals surface area contributed by atoms with Crippen LogP contribution < -0.4 is 10.1 Å². The maximum atomic E-state index is 12.8. The topological polar surface area (TPSA) is 21.3 Å². The van der Waals surface area contributed by atoms with Gasteiger partial charge in [0.05, 0.1) is 15.6 Å². The maximum Gasteiger partial charge on any atom is 0.147 e. The molecule has 0 aromatic heterocycles. The second kappa shape index (κ2) is 7.80. The van der Waals surface area contributed by atoms with Crippen molar-refractivity contribution in [2.75, 3.05) is 11.9 Å². The summed E-state index contributed by atoms with van der Waals surface area (Å²) in [6.45, 7) is 3.41. The molecule has 0 heterocycles. The summed E-state index contributed by atoms with van der Waals surface area (Å²) in [6.07, 6.45) is 0.965. The summed E-state index contributed by atoms with van der Waals surface area (Å²) in [5.41, 5.74) is 1.98. The summed E-state index contributed by atoms with van der Waals surface area (Å²) in [5, 5.41) is 3.26. The van der Waals surface area contributed by atoms with Gasteiger partial charge in [0.1, 0.15) is 11.6 Å². The Bertz CT molecular complexity index is 579. The van der Waals surface area contributed by atoms with Crippen molar-refractivity contribution in [2.45, 2.75) is 19.9 Å². The van der Waals surface area contributed by atoms with Crippen LogP contribution in [0.15, 0.2) is 45.3 Å². The van der Waals surface area contributed by atoms with Crippen LogP contribution in [0.4, 0.5) is 10.1 Å². The summed E-state index contributed by atoms with van der Waals surface area (Å²) in [5.74, 6) is 0.589. The molecular weight excluding hydrogens is 401 g/mol. The fraction of sp³-hybridized carbons (Fsp3) is 0.250. The molecule has 0 radical (unpaired) electrons. The van der Waals surface area contributed by atoms with Crippen LogP contribution in [0.5, 0.6) is 5.75 Å². The van der Waals surface area contributed by atoms with Crippen molar-refractivity contribution in [1.29, 1.82) is 0 Å². The number of anilines is 1. The van der Waals surface area contributed by atoms with Crippen molar-refractivity contribution in [3.8, 4) is 5.75 Å². The van der Waals surface area contributed by atoms with E-state index in [4.69, 9.17) is 4.74 Å². The first-order chi connectivity index (χ1) is 10.1. The molecule has 2 rings (SSSR count). The maximum absolute atomic E-state index is 12.8. The minimum atomic E-state index is -0.233. The van der Waals surface area contributed by atoms with E-state index in [0.717, 1.165) is 32.4 Å². The molecule has 0 spiro atoms. The van der Waals surface area contributed by atoms with Crippen LogP contribution in [0.1, 0.15) is 18.9 Å². The molecule has 0 aliphatic rings. The molecule has 2 nitrogen and oxygen atoms in total. The monoisotopic (exact) mass is 415 g/mol. The van der Waals surface area contributed by atoms with Crippen molar-refractivity contribution >= 4 is 37.5 Å². The Morgan fingerprint density at radius 1 is 1.10 bits per heavy atom. The Labute approximate surface area is 141 Å². The molecule has 0 bridgehead atoms. The van der Waals surface area contributed by atoms with Crippen LogP contribution in [0.3, 0.4) is 0 Å². The van der Waals surface area contributed by atoms with E-state index in [2.05, 4.69) is 44.1 Å². The first-order valence-electron chi connectivity index (χ1n) is 6.70. The average Bonchev–Trinajstić information content (AvgIpc) is 2.46. The molecule has 2 aromatic carbocycles. The number of ether oxygens (including phenoxy) is 1. The average molecular weight is 417 g/mol. The van der Waals surface area contributed by atoms with Crippen LogP contribution in [-0.4, -0.2) is 6.61 Å². The van der Waals surface area contributed by atoms with Crippen LogP contribution in [-0.2, 0) is 6.54 Å². The molecule has 0 amide bonds. The van der Waals surface area contributed by atoms with E-state index < -0.39 is 0 Å². The zero-order chi connectivity index (χ0) is 15.2. The summed E-state index contributed by atoms with van der Waals surface area (Å²) >= 11 is 7.06. The second-order valence-corrected chi connectivity index (χ2v) is 6.31. The predicted molar refractivity (Wildman–Crippen MR) is 91.4 cm³/mol. The largest absolute Gasteiger partial charge is 0.491 e. The van der Waals surface area contributed by atoms with E-state index in [0.29, 0.717) is 13.2 Å². The van der Waals surface area contributed by atoms with Gasteiger partial charge in [-0.2, -0.15) is 0 Å². The van der Waals surface area contributed by atoms with Crippen LogP contribution in [0.25, 0.3) is 0 Å². The highest BCUT2D eigenvalue weighted by atomic mass is 79.9. The molecule has 0 unspecified atom stereocenters. The number of hydrogen-bond acceptors (Lipinski definition) is 2. The molecule has 5 heteroatoms. The van der Waals surface area contributed by atoms with Gasteiger partial charge in [-0.3, -0.25) is 0 Å². The SMILES string of the molecule is CCCOc1c(Br)cc(CNc2ccc(F)cc2)cc1Br. The van der Waals surface area contributed by atoms with E-state index in [1.165, 1.54) is 12.1 Å². The van der Waals surface area contributed by atoms with E-state index in [1.807, 2.05) is 12.1 Å². The number of halogens is 3. The molecule has 2 aromatic rings. The number of hydrogen-bond donors (Lipinski definition) is 1. The molecule has 112 valence electrons. The first kappa shape index (κ1) is 16.3. The van der Waals surface area contributed by atoms with Gasteiger partial charge in [-0.25, -0.2) is 4.39 Å². The van der Waals surface area contributed by atoms with Gasteiger partial charge in [-0.1, -0.05) is 6.92 Å². The van der Waals surface area contributed by atoms with E-state index in [9.17, 15) is 4.39 Å². The number of nitrogens with one attached hydrogen (secondary N) is 1. The minimum absolute atomic E-state index is 0.233. The van der Waals surface area contributed by atoms with Gasteiger partial charge in [-0.05, 0) is 80.2 Å². The fourth-order valence-corrected chi connectivity index (χ4v) is 3.34. The van der Waals surface area contributed by atoms with E-state index in [1.54, 1.807) is 12.1 Å². The Morgan fingerprint density at radius 2 is 1.71 bits per heavy atom. The Balaban J connectivity index is 2.05. The summed E-state index contributed by atoms with van der Waals surface area (Å²) in [4.78, 5) is 0. The highest BCUT2D eigenvalue weighted by Gasteiger charge is 2.09. The highest BCUT2D eigenvalue weighted by Crippen LogP contribution is 2.35. The third-order valence-electron chi connectivity index (χ3n) is 2.85. The van der Waals surface area contributed by atoms with E-state index >= 15 is 0 Å². The lowest BCUT2D eigenvalue weighted by Gasteiger charge is -2.12. The van der Waals surface area contributed by atoms with Crippen LogP contribution in [0, 0.1) is 5.82 Å². The molecule has 0 aliphatic carbocycles. The summed E-state index contributed by atoms with van der Waals surface area (Å²) in [7, 11) is 0. The lowest BCUT2D eigenvalue weighted by molar-refractivity contribution is 0.313. The van der Waals surface area contributed by atoms with Crippen molar-refractivity contribution in [1.82, 2.24) is 0 Å². The smallest absolute Gasteiger partial charge is 0.147 e. The Hall–Kier alpha value is -1.07. The van der Waals surface area contributed by atoms with Gasteiger partial charge in [0.15, 0.2) is 0 Å². The van der Waals surface area contributed by atoms with Crippen LogP contribution in [0.2, 0.25) is 0 Å². The van der Waals surface area contributed by atoms with Gasteiger partial charge in [-0.15, -0.1) is 0 Å². The Kier molecular flexibility index (Phi) is 6.06. The third-order valence-corrected chi connectivity index (χ3v) is 4.03. The standard InChI is InChI=1S/C16H16Br2FNO/c1-2-7-21-16-14(17)8-11(9-15(16)18)10-20-13-5-3-12(19)4-6-13/h3-6,8-9,20H,2,7,10H2,1H3. The number of rotatable bonds is 6. The Morgan fingerprint density at radius 3 is 2.29 bits per heavy atom. The van der Waals surface area contributed by atoms with Crippen molar-refractivity contribution in [3.05, 3.63) is 56.7 Å². The highest BCUT2D eigenvalue weighted by molar-refractivity contribution is 9.11. The summed E-state index contributed by atoms with van der Waals surface area (Å²) in [6, 6.07) is 10.4.